The molecule has 0 N–H and O–H groups in total. The lowest BCUT2D eigenvalue weighted by Crippen LogP contribution is -2.07. The maximum Gasteiger partial charge on any atom is 0.303 e. The van der Waals surface area contributed by atoms with Crippen molar-refractivity contribution in [1.82, 2.24) is 0 Å². The first kappa shape index (κ1) is 10.9. The lowest BCUT2D eigenvalue weighted by atomic mass is 9.99. The lowest BCUT2D eigenvalue weighted by molar-refractivity contribution is -0.145. The number of esters is 1. The van der Waals surface area contributed by atoms with Gasteiger partial charge >= 0.3 is 5.97 Å². The van der Waals surface area contributed by atoms with Gasteiger partial charge in [0.1, 0.15) is 6.10 Å². The van der Waals surface area contributed by atoms with Gasteiger partial charge in [-0.3, -0.25) is 9.59 Å². The van der Waals surface area contributed by atoms with Gasteiger partial charge in [0.15, 0.2) is 5.78 Å². The van der Waals surface area contributed by atoms with E-state index >= 15 is 0 Å². The predicted octanol–water partition coefficient (Wildman–Crippen LogP) is 2.44. The Morgan fingerprint density at radius 2 is 2.12 bits per heavy atom. The van der Waals surface area contributed by atoms with Crippen LogP contribution in [0, 0.1) is 0 Å². The van der Waals surface area contributed by atoms with Crippen LogP contribution < -0.4 is 0 Å². The highest BCUT2D eigenvalue weighted by atomic mass is 16.5. The van der Waals surface area contributed by atoms with Gasteiger partial charge in [-0.2, -0.15) is 0 Å². The summed E-state index contributed by atoms with van der Waals surface area (Å²) in [4.78, 5) is 22.5. The van der Waals surface area contributed by atoms with Crippen LogP contribution in [0.4, 0.5) is 0 Å². The number of hydrogen-bond acceptors (Lipinski definition) is 3. The van der Waals surface area contributed by atoms with E-state index in [1.807, 2.05) is 25.1 Å². The molecule has 1 aromatic carbocycles. The van der Waals surface area contributed by atoms with Crippen molar-refractivity contribution in [2.24, 2.45) is 0 Å². The number of benzene rings is 1. The Balaban J connectivity index is 2.36. The maximum absolute atomic E-state index is 11.6. The first-order chi connectivity index (χ1) is 7.59. The molecule has 84 valence electrons. The largest absolute Gasteiger partial charge is 0.458 e. The van der Waals surface area contributed by atoms with Gasteiger partial charge < -0.3 is 4.74 Å². The zero-order valence-corrected chi connectivity index (χ0v) is 9.45. The van der Waals surface area contributed by atoms with Crippen molar-refractivity contribution in [3.8, 4) is 0 Å². The van der Waals surface area contributed by atoms with E-state index in [9.17, 15) is 9.59 Å². The molecular formula is C13H14O3. The molecule has 0 amide bonds. The number of ketones is 1. The normalized spacial score (nSPS) is 15.8. The minimum absolute atomic E-state index is 0.187. The zero-order valence-electron chi connectivity index (χ0n) is 9.45. The Kier molecular flexibility index (Phi) is 2.77. The van der Waals surface area contributed by atoms with Gasteiger partial charge in [-0.05, 0) is 24.5 Å². The second-order valence-electron chi connectivity index (χ2n) is 4.05. The van der Waals surface area contributed by atoms with E-state index in [0.717, 1.165) is 23.1 Å². The molecule has 1 aliphatic rings. The van der Waals surface area contributed by atoms with Crippen molar-refractivity contribution < 1.29 is 14.3 Å². The summed E-state index contributed by atoms with van der Waals surface area (Å²) < 4.78 is 5.15. The third-order valence-electron chi connectivity index (χ3n) is 2.90. The van der Waals surface area contributed by atoms with Gasteiger partial charge in [-0.25, -0.2) is 0 Å². The van der Waals surface area contributed by atoms with E-state index in [0.29, 0.717) is 6.42 Å². The van der Waals surface area contributed by atoms with Crippen LogP contribution in [0.15, 0.2) is 18.2 Å². The Bertz CT molecular complexity index is 448. The second-order valence-corrected chi connectivity index (χ2v) is 4.05. The minimum atomic E-state index is -0.297. The van der Waals surface area contributed by atoms with Crippen molar-refractivity contribution >= 4 is 11.8 Å². The van der Waals surface area contributed by atoms with Crippen LogP contribution in [0.25, 0.3) is 0 Å². The molecule has 0 bridgehead atoms. The van der Waals surface area contributed by atoms with Crippen LogP contribution >= 0.6 is 0 Å². The van der Waals surface area contributed by atoms with Crippen LogP contribution in [0.3, 0.4) is 0 Å². The van der Waals surface area contributed by atoms with Crippen LogP contribution in [0.1, 0.15) is 47.9 Å². The standard InChI is InChI=1S/C13H14O3/c1-8(16-9(2)14)10-4-3-5-12-11(10)6-7-13(12)15/h3-5,8H,6-7H2,1-2H3. The van der Waals surface area contributed by atoms with Crippen molar-refractivity contribution in [1.29, 1.82) is 0 Å². The molecule has 1 unspecified atom stereocenters. The first-order valence-electron chi connectivity index (χ1n) is 5.42. The number of carbonyl (C=O) groups is 2. The van der Waals surface area contributed by atoms with Crippen LogP contribution in [-0.2, 0) is 16.0 Å². The Hall–Kier alpha value is -1.64. The molecule has 16 heavy (non-hydrogen) atoms. The maximum atomic E-state index is 11.6. The third-order valence-corrected chi connectivity index (χ3v) is 2.90. The number of hydrogen-bond donors (Lipinski definition) is 0. The number of carbonyl (C=O) groups excluding carboxylic acids is 2. The molecule has 1 aliphatic carbocycles. The van der Waals surface area contributed by atoms with E-state index in [1.54, 1.807) is 0 Å². The number of Topliss-reactive ketones (excluding diaryl/α,β-unsaturated/α-hetero) is 1. The molecule has 0 saturated carbocycles. The highest BCUT2D eigenvalue weighted by Gasteiger charge is 2.24. The van der Waals surface area contributed by atoms with Crippen molar-refractivity contribution in [3.63, 3.8) is 0 Å². The highest BCUT2D eigenvalue weighted by Crippen LogP contribution is 2.30. The summed E-state index contributed by atoms with van der Waals surface area (Å²) in [5.74, 6) is -0.110. The molecule has 0 aliphatic heterocycles. The summed E-state index contributed by atoms with van der Waals surface area (Å²) in [5, 5.41) is 0. The summed E-state index contributed by atoms with van der Waals surface area (Å²) in [6, 6.07) is 5.61. The fraction of sp³-hybridized carbons (Fsp3) is 0.385. The van der Waals surface area contributed by atoms with Crippen molar-refractivity contribution in [2.45, 2.75) is 32.8 Å². The number of rotatable bonds is 2. The molecule has 1 aromatic rings. The van der Waals surface area contributed by atoms with Gasteiger partial charge in [-0.15, -0.1) is 0 Å². The average molecular weight is 218 g/mol. The molecule has 0 saturated heterocycles. The number of fused-ring (bicyclic) bond motifs is 1. The second kappa shape index (κ2) is 4.08. The average Bonchev–Trinajstić information content (AvgIpc) is 2.59. The molecule has 0 radical (unpaired) electrons. The zero-order chi connectivity index (χ0) is 11.7. The van der Waals surface area contributed by atoms with E-state index in [2.05, 4.69) is 0 Å². The Morgan fingerprint density at radius 1 is 1.38 bits per heavy atom. The molecule has 1 atom stereocenters. The monoisotopic (exact) mass is 218 g/mol. The van der Waals surface area contributed by atoms with E-state index in [4.69, 9.17) is 4.74 Å². The molecule has 2 rings (SSSR count). The minimum Gasteiger partial charge on any atom is -0.458 e. The smallest absolute Gasteiger partial charge is 0.303 e. The molecule has 0 heterocycles. The van der Waals surface area contributed by atoms with E-state index in [-0.39, 0.29) is 17.9 Å². The van der Waals surface area contributed by atoms with Crippen LogP contribution in [0.5, 0.6) is 0 Å². The quantitative estimate of drug-likeness (QED) is 0.716. The predicted molar refractivity (Wildman–Crippen MR) is 59.3 cm³/mol. The van der Waals surface area contributed by atoms with E-state index in [1.165, 1.54) is 6.92 Å². The topological polar surface area (TPSA) is 43.4 Å². The van der Waals surface area contributed by atoms with Crippen LogP contribution in [0.2, 0.25) is 0 Å². The Morgan fingerprint density at radius 3 is 2.81 bits per heavy atom. The first-order valence-corrected chi connectivity index (χ1v) is 5.42. The van der Waals surface area contributed by atoms with Gasteiger partial charge in [0.05, 0.1) is 0 Å². The van der Waals surface area contributed by atoms with Gasteiger partial charge in [0, 0.05) is 18.9 Å². The Labute approximate surface area is 94.4 Å². The molecule has 3 heteroatoms. The van der Waals surface area contributed by atoms with Crippen molar-refractivity contribution in [3.05, 3.63) is 34.9 Å². The summed E-state index contributed by atoms with van der Waals surface area (Å²) >= 11 is 0. The van der Waals surface area contributed by atoms with E-state index < -0.39 is 0 Å². The summed E-state index contributed by atoms with van der Waals surface area (Å²) in [6.07, 6.45) is 1.05. The van der Waals surface area contributed by atoms with Gasteiger partial charge in [0.2, 0.25) is 0 Å². The fourth-order valence-electron chi connectivity index (χ4n) is 2.21. The molecule has 0 aromatic heterocycles. The fourth-order valence-corrected chi connectivity index (χ4v) is 2.21. The summed E-state index contributed by atoms with van der Waals surface area (Å²) in [6.45, 7) is 3.23. The summed E-state index contributed by atoms with van der Waals surface area (Å²) in [7, 11) is 0. The lowest BCUT2D eigenvalue weighted by Gasteiger charge is -2.15. The van der Waals surface area contributed by atoms with Gasteiger partial charge in [0.25, 0.3) is 0 Å². The summed E-state index contributed by atoms with van der Waals surface area (Å²) in [5.41, 5.74) is 2.79. The molecular weight excluding hydrogens is 204 g/mol. The third kappa shape index (κ3) is 1.85. The SMILES string of the molecule is CC(=O)OC(C)c1cccc2c1CCC2=O. The molecule has 3 nitrogen and oxygen atoms in total. The van der Waals surface area contributed by atoms with Crippen molar-refractivity contribution in [2.75, 3.05) is 0 Å². The molecule has 0 fully saturated rings. The number of ether oxygens (including phenoxy) is 1. The highest BCUT2D eigenvalue weighted by molar-refractivity contribution is 6.00. The molecule has 0 spiro atoms. The van der Waals surface area contributed by atoms with Crippen LogP contribution in [-0.4, -0.2) is 11.8 Å². The van der Waals surface area contributed by atoms with Gasteiger partial charge in [-0.1, -0.05) is 18.2 Å².